The number of hydrogen-bond donors (Lipinski definition) is 2. The van der Waals surface area contributed by atoms with Crippen molar-refractivity contribution in [2.75, 3.05) is 20.3 Å². The first kappa shape index (κ1) is 31.3. The zero-order valence-corrected chi connectivity index (χ0v) is 25.6. The van der Waals surface area contributed by atoms with Crippen LogP contribution in [-0.2, 0) is 9.53 Å². The lowest BCUT2D eigenvalue weighted by Crippen LogP contribution is -2.24. The molecule has 0 fully saturated rings. The van der Waals surface area contributed by atoms with Crippen LogP contribution in [0.15, 0.2) is 52.4 Å². The van der Waals surface area contributed by atoms with Gasteiger partial charge < -0.3 is 23.8 Å². The standard InChI is InChI=1S/C30H29Cl2N5O6/c1-6-42-29(39)27-17(3)34-30(40)35-28(27)19-7-10-24(25(12-19)41-5)43-15-26(38)36-33-14-20-11-16(2)37(18(20)4)21-8-9-22(31)23(32)13-21/h7-14H,6,15H2,1-5H3,(H,36,38)(H,34,35,40)/b33-14+. The summed E-state index contributed by atoms with van der Waals surface area (Å²) in [5.41, 5.74) is 6.34. The van der Waals surface area contributed by atoms with Gasteiger partial charge in [0.2, 0.25) is 0 Å². The maximum atomic E-state index is 12.6. The van der Waals surface area contributed by atoms with E-state index in [0.717, 1.165) is 22.6 Å². The van der Waals surface area contributed by atoms with Gasteiger partial charge in [-0.25, -0.2) is 15.0 Å². The second kappa shape index (κ2) is 13.6. The first-order valence-corrected chi connectivity index (χ1v) is 13.8. The van der Waals surface area contributed by atoms with Gasteiger partial charge in [-0.05, 0) is 70.2 Å². The smallest absolute Gasteiger partial charge is 0.345 e. The molecule has 0 saturated carbocycles. The molecular formula is C30H29Cl2N5O6. The molecule has 0 aliphatic rings. The molecule has 0 saturated heterocycles. The molecular weight excluding hydrogens is 597 g/mol. The van der Waals surface area contributed by atoms with Crippen LogP contribution in [0.25, 0.3) is 16.9 Å². The Morgan fingerprint density at radius 3 is 2.53 bits per heavy atom. The van der Waals surface area contributed by atoms with Gasteiger partial charge in [-0.1, -0.05) is 23.2 Å². The monoisotopic (exact) mass is 625 g/mol. The molecule has 2 aromatic carbocycles. The van der Waals surface area contributed by atoms with E-state index in [1.54, 1.807) is 50.4 Å². The minimum atomic E-state index is -0.619. The maximum Gasteiger partial charge on any atom is 0.345 e. The summed E-state index contributed by atoms with van der Waals surface area (Å²) in [5.74, 6) is -0.600. The summed E-state index contributed by atoms with van der Waals surface area (Å²) < 4.78 is 18.2. The van der Waals surface area contributed by atoms with Crippen LogP contribution in [-0.4, -0.2) is 52.9 Å². The molecule has 43 heavy (non-hydrogen) atoms. The minimum Gasteiger partial charge on any atom is -0.493 e. The minimum absolute atomic E-state index is 0.132. The van der Waals surface area contributed by atoms with Gasteiger partial charge in [0, 0.05) is 33.9 Å². The summed E-state index contributed by atoms with van der Waals surface area (Å²) >= 11 is 12.2. The third kappa shape index (κ3) is 7.07. The summed E-state index contributed by atoms with van der Waals surface area (Å²) in [7, 11) is 1.42. The summed E-state index contributed by atoms with van der Waals surface area (Å²) in [4.78, 5) is 43.6. The maximum absolute atomic E-state index is 12.6. The number of aromatic nitrogens is 3. The van der Waals surface area contributed by atoms with Crippen molar-refractivity contribution >= 4 is 41.3 Å². The molecule has 13 heteroatoms. The molecule has 0 radical (unpaired) electrons. The van der Waals surface area contributed by atoms with Crippen molar-refractivity contribution in [1.82, 2.24) is 20.0 Å². The Hall–Kier alpha value is -4.61. The van der Waals surface area contributed by atoms with E-state index in [1.807, 2.05) is 30.5 Å². The fourth-order valence-electron chi connectivity index (χ4n) is 4.47. The Balaban J connectivity index is 1.45. The van der Waals surface area contributed by atoms with Gasteiger partial charge in [0.15, 0.2) is 18.1 Å². The van der Waals surface area contributed by atoms with Gasteiger partial charge in [-0.15, -0.1) is 0 Å². The van der Waals surface area contributed by atoms with Crippen LogP contribution in [0.2, 0.25) is 10.0 Å². The second-order valence-corrected chi connectivity index (χ2v) is 10.1. The van der Waals surface area contributed by atoms with E-state index in [4.69, 9.17) is 37.4 Å². The topological polar surface area (TPSA) is 137 Å². The van der Waals surface area contributed by atoms with Crippen molar-refractivity contribution in [3.05, 3.63) is 91.2 Å². The van der Waals surface area contributed by atoms with Gasteiger partial charge >= 0.3 is 11.7 Å². The molecule has 0 spiro atoms. The number of rotatable bonds is 10. The third-order valence-corrected chi connectivity index (χ3v) is 7.16. The predicted molar refractivity (Wildman–Crippen MR) is 164 cm³/mol. The first-order valence-electron chi connectivity index (χ1n) is 13.1. The van der Waals surface area contributed by atoms with E-state index < -0.39 is 17.6 Å². The largest absolute Gasteiger partial charge is 0.493 e. The fraction of sp³-hybridized carbons (Fsp3) is 0.233. The Kier molecular flexibility index (Phi) is 9.89. The van der Waals surface area contributed by atoms with Crippen molar-refractivity contribution in [1.29, 1.82) is 0 Å². The van der Waals surface area contributed by atoms with Gasteiger partial charge in [-0.2, -0.15) is 10.1 Å². The Bertz CT molecular complexity index is 1780. The zero-order valence-electron chi connectivity index (χ0n) is 24.1. The van der Waals surface area contributed by atoms with E-state index in [0.29, 0.717) is 21.3 Å². The third-order valence-electron chi connectivity index (χ3n) is 6.42. The van der Waals surface area contributed by atoms with Crippen molar-refractivity contribution in [3.8, 4) is 28.4 Å². The number of carbonyl (C=O) groups excluding carboxylic acids is 2. The van der Waals surface area contributed by atoms with E-state index >= 15 is 0 Å². The molecule has 0 unspecified atom stereocenters. The summed E-state index contributed by atoms with van der Waals surface area (Å²) in [5, 5.41) is 4.98. The van der Waals surface area contributed by atoms with Crippen molar-refractivity contribution in [3.63, 3.8) is 0 Å². The molecule has 4 aromatic rings. The van der Waals surface area contributed by atoms with Crippen LogP contribution >= 0.6 is 23.2 Å². The van der Waals surface area contributed by atoms with Crippen LogP contribution in [0, 0.1) is 20.8 Å². The quantitative estimate of drug-likeness (QED) is 0.141. The first-order chi connectivity index (χ1) is 20.5. The Labute approximate surface area is 257 Å². The van der Waals surface area contributed by atoms with E-state index in [9.17, 15) is 14.4 Å². The SMILES string of the molecule is CCOC(=O)c1c(-c2ccc(OCC(=O)N/N=C/c3cc(C)n(-c4ccc(Cl)c(Cl)c4)c3C)c(OC)c2)nc(=O)[nH]c1C. The predicted octanol–water partition coefficient (Wildman–Crippen LogP) is 5.17. The van der Waals surface area contributed by atoms with Crippen LogP contribution < -0.4 is 20.6 Å². The number of hydrogen-bond acceptors (Lipinski definition) is 8. The zero-order chi connectivity index (χ0) is 31.3. The van der Waals surface area contributed by atoms with Crippen molar-refractivity contribution < 1.29 is 23.8 Å². The van der Waals surface area contributed by atoms with Crippen LogP contribution in [0.1, 0.15) is 39.9 Å². The number of H-pyrrole nitrogens is 1. The number of amides is 1. The number of hydrazone groups is 1. The van der Waals surface area contributed by atoms with Gasteiger partial charge in [0.25, 0.3) is 5.91 Å². The molecule has 11 nitrogen and oxygen atoms in total. The number of methoxy groups -OCH3 is 1. The van der Waals surface area contributed by atoms with E-state index in [-0.39, 0.29) is 36.0 Å². The molecule has 0 aliphatic carbocycles. The lowest BCUT2D eigenvalue weighted by Gasteiger charge is -2.14. The number of esters is 1. The lowest BCUT2D eigenvalue weighted by molar-refractivity contribution is -0.123. The number of carbonyl (C=O) groups is 2. The number of benzene rings is 2. The average molecular weight is 626 g/mol. The Morgan fingerprint density at radius 1 is 1.07 bits per heavy atom. The molecule has 224 valence electrons. The molecule has 1 amide bonds. The molecule has 0 bridgehead atoms. The Morgan fingerprint density at radius 2 is 1.84 bits per heavy atom. The van der Waals surface area contributed by atoms with Gasteiger partial charge in [-0.3, -0.25) is 4.79 Å². The molecule has 4 rings (SSSR count). The summed E-state index contributed by atoms with van der Waals surface area (Å²) in [6.45, 7) is 6.94. The fourth-order valence-corrected chi connectivity index (χ4v) is 4.76. The number of halogens is 2. The van der Waals surface area contributed by atoms with Crippen LogP contribution in [0.4, 0.5) is 0 Å². The van der Waals surface area contributed by atoms with Crippen LogP contribution in [0.3, 0.4) is 0 Å². The molecule has 2 N–H and O–H groups in total. The summed E-state index contributed by atoms with van der Waals surface area (Å²) in [6.07, 6.45) is 1.54. The second-order valence-electron chi connectivity index (χ2n) is 9.32. The molecule has 2 heterocycles. The lowest BCUT2D eigenvalue weighted by atomic mass is 10.0. The van der Waals surface area contributed by atoms with Crippen molar-refractivity contribution in [2.24, 2.45) is 5.10 Å². The molecule has 0 atom stereocenters. The number of aromatic amines is 1. The number of nitrogens with zero attached hydrogens (tertiary/aromatic N) is 3. The highest BCUT2D eigenvalue weighted by molar-refractivity contribution is 6.42. The summed E-state index contributed by atoms with van der Waals surface area (Å²) in [6, 6.07) is 12.0. The van der Waals surface area contributed by atoms with Crippen LogP contribution in [0.5, 0.6) is 11.5 Å². The molecule has 2 aromatic heterocycles. The van der Waals surface area contributed by atoms with E-state index in [2.05, 4.69) is 20.5 Å². The number of ether oxygens (including phenoxy) is 3. The highest BCUT2D eigenvalue weighted by Gasteiger charge is 2.21. The normalized spacial score (nSPS) is 11.0. The average Bonchev–Trinajstić information content (AvgIpc) is 3.25. The number of nitrogens with one attached hydrogen (secondary N) is 2. The van der Waals surface area contributed by atoms with Gasteiger partial charge in [0.1, 0.15) is 5.56 Å². The van der Waals surface area contributed by atoms with Crippen molar-refractivity contribution in [2.45, 2.75) is 27.7 Å². The number of aryl methyl sites for hydroxylation is 2. The highest BCUT2D eigenvalue weighted by Crippen LogP contribution is 2.33. The van der Waals surface area contributed by atoms with Gasteiger partial charge in [0.05, 0.1) is 35.7 Å². The highest BCUT2D eigenvalue weighted by atomic mass is 35.5. The molecule has 0 aliphatic heterocycles. The van der Waals surface area contributed by atoms with E-state index in [1.165, 1.54) is 7.11 Å².